The van der Waals surface area contributed by atoms with Crippen LogP contribution in [0.2, 0.25) is 0 Å². The summed E-state index contributed by atoms with van der Waals surface area (Å²) < 4.78 is 5.79. The SMILES string of the molecule is NCCCOC1CCN(C(=O)c2ccc3c(c2)NC(=O)CCS3)CC1. The fourth-order valence-electron chi connectivity index (χ4n) is 3.09. The highest BCUT2D eigenvalue weighted by Crippen LogP contribution is 2.32. The van der Waals surface area contributed by atoms with Gasteiger partial charge in [0.1, 0.15) is 0 Å². The number of carbonyl (C=O) groups is 2. The Labute approximate surface area is 152 Å². The zero-order valence-electron chi connectivity index (χ0n) is 14.3. The number of carbonyl (C=O) groups excluding carboxylic acids is 2. The Morgan fingerprint density at radius 1 is 1.36 bits per heavy atom. The minimum Gasteiger partial charge on any atom is -0.378 e. The van der Waals surface area contributed by atoms with E-state index in [1.807, 2.05) is 17.0 Å². The molecular formula is C18H25N3O3S. The van der Waals surface area contributed by atoms with Crippen LogP contribution in [-0.2, 0) is 9.53 Å². The summed E-state index contributed by atoms with van der Waals surface area (Å²) in [5.74, 6) is 0.794. The molecule has 0 bridgehead atoms. The Kier molecular flexibility index (Phi) is 6.34. The maximum atomic E-state index is 12.8. The Hall–Kier alpha value is -1.57. The number of likely N-dealkylation sites (tertiary alicyclic amines) is 1. The van der Waals surface area contributed by atoms with Crippen molar-refractivity contribution in [2.24, 2.45) is 5.73 Å². The van der Waals surface area contributed by atoms with E-state index in [1.165, 1.54) is 0 Å². The number of benzene rings is 1. The number of hydrogen-bond donors (Lipinski definition) is 2. The summed E-state index contributed by atoms with van der Waals surface area (Å²) in [5.41, 5.74) is 6.85. The lowest BCUT2D eigenvalue weighted by molar-refractivity contribution is -0.115. The van der Waals surface area contributed by atoms with Crippen LogP contribution in [0, 0.1) is 0 Å². The molecule has 2 aliphatic heterocycles. The van der Waals surface area contributed by atoms with Crippen LogP contribution in [0.5, 0.6) is 0 Å². The standard InChI is InChI=1S/C18H25N3O3S/c19-7-1-10-24-14-4-8-21(9-5-14)18(23)13-2-3-16-15(12-13)20-17(22)6-11-25-16/h2-3,12,14H,1,4-11,19H2,(H,20,22). The number of nitrogens with zero attached hydrogens (tertiary/aromatic N) is 1. The van der Waals surface area contributed by atoms with Crippen LogP contribution in [-0.4, -0.2) is 54.8 Å². The zero-order valence-corrected chi connectivity index (χ0v) is 15.1. The van der Waals surface area contributed by atoms with Crippen LogP contribution in [0.1, 0.15) is 36.0 Å². The van der Waals surface area contributed by atoms with Crippen molar-refractivity contribution in [3.8, 4) is 0 Å². The molecule has 7 heteroatoms. The zero-order chi connectivity index (χ0) is 17.6. The van der Waals surface area contributed by atoms with Gasteiger partial charge in [-0.1, -0.05) is 0 Å². The molecular weight excluding hydrogens is 338 g/mol. The maximum absolute atomic E-state index is 12.8. The quantitative estimate of drug-likeness (QED) is 0.783. The normalized spacial score (nSPS) is 18.4. The molecule has 0 unspecified atom stereocenters. The first-order valence-electron chi connectivity index (χ1n) is 8.85. The second kappa shape index (κ2) is 8.69. The first-order valence-corrected chi connectivity index (χ1v) is 9.83. The lowest BCUT2D eigenvalue weighted by Gasteiger charge is -2.32. The molecule has 1 saturated heterocycles. The van der Waals surface area contributed by atoms with Crippen LogP contribution in [0.3, 0.4) is 0 Å². The molecule has 3 rings (SSSR count). The molecule has 0 radical (unpaired) electrons. The number of piperidine rings is 1. The van der Waals surface area contributed by atoms with Crippen molar-refractivity contribution in [2.45, 2.75) is 36.7 Å². The van der Waals surface area contributed by atoms with Crippen LogP contribution in [0.15, 0.2) is 23.1 Å². The molecule has 1 fully saturated rings. The molecule has 2 amide bonds. The summed E-state index contributed by atoms with van der Waals surface area (Å²) in [4.78, 5) is 27.4. The number of hydrogen-bond acceptors (Lipinski definition) is 5. The Bertz CT molecular complexity index is 630. The van der Waals surface area contributed by atoms with Gasteiger partial charge in [-0.05, 0) is 44.0 Å². The van der Waals surface area contributed by atoms with Gasteiger partial charge in [0, 0.05) is 42.3 Å². The largest absolute Gasteiger partial charge is 0.378 e. The Morgan fingerprint density at radius 2 is 2.16 bits per heavy atom. The molecule has 0 spiro atoms. The number of rotatable bonds is 5. The molecule has 25 heavy (non-hydrogen) atoms. The predicted molar refractivity (Wildman–Crippen MR) is 99.0 cm³/mol. The lowest BCUT2D eigenvalue weighted by Crippen LogP contribution is -2.41. The highest BCUT2D eigenvalue weighted by atomic mass is 32.2. The fraction of sp³-hybridized carbons (Fsp3) is 0.556. The summed E-state index contributed by atoms with van der Waals surface area (Å²) >= 11 is 1.65. The van der Waals surface area contributed by atoms with Crippen molar-refractivity contribution in [2.75, 3.05) is 37.3 Å². The van der Waals surface area contributed by atoms with Gasteiger partial charge >= 0.3 is 0 Å². The van der Waals surface area contributed by atoms with Gasteiger partial charge < -0.3 is 20.7 Å². The summed E-state index contributed by atoms with van der Waals surface area (Å²) in [6, 6.07) is 5.59. The number of amides is 2. The third kappa shape index (κ3) is 4.74. The van der Waals surface area contributed by atoms with Crippen LogP contribution < -0.4 is 11.1 Å². The third-order valence-corrected chi connectivity index (χ3v) is 5.59. The van der Waals surface area contributed by atoms with E-state index in [9.17, 15) is 9.59 Å². The second-order valence-electron chi connectivity index (χ2n) is 6.36. The van der Waals surface area contributed by atoms with Crippen molar-refractivity contribution < 1.29 is 14.3 Å². The number of ether oxygens (including phenoxy) is 1. The van der Waals surface area contributed by atoms with Crippen LogP contribution in [0.4, 0.5) is 5.69 Å². The number of fused-ring (bicyclic) bond motifs is 1. The van der Waals surface area contributed by atoms with Crippen molar-refractivity contribution in [3.63, 3.8) is 0 Å². The minimum absolute atomic E-state index is 0.00583. The van der Waals surface area contributed by atoms with Gasteiger partial charge in [-0.25, -0.2) is 0 Å². The van der Waals surface area contributed by atoms with Crippen molar-refractivity contribution in [1.82, 2.24) is 4.90 Å². The summed E-state index contributed by atoms with van der Waals surface area (Å²) in [6.07, 6.45) is 3.30. The van der Waals surface area contributed by atoms with Crippen molar-refractivity contribution in [1.29, 1.82) is 0 Å². The van der Waals surface area contributed by atoms with E-state index in [0.29, 0.717) is 38.2 Å². The molecule has 2 aliphatic rings. The van der Waals surface area contributed by atoms with Crippen molar-refractivity contribution in [3.05, 3.63) is 23.8 Å². The molecule has 136 valence electrons. The first-order chi connectivity index (χ1) is 12.2. The maximum Gasteiger partial charge on any atom is 0.253 e. The first kappa shape index (κ1) is 18.2. The molecule has 1 aromatic carbocycles. The molecule has 6 nitrogen and oxygen atoms in total. The molecule has 0 saturated carbocycles. The summed E-state index contributed by atoms with van der Waals surface area (Å²) in [6.45, 7) is 2.73. The van der Waals surface area contributed by atoms with Crippen molar-refractivity contribution >= 4 is 29.3 Å². The predicted octanol–water partition coefficient (Wildman–Crippen LogP) is 2.09. The van der Waals surface area contributed by atoms with Gasteiger partial charge in [-0.3, -0.25) is 9.59 Å². The average Bonchev–Trinajstić information content (AvgIpc) is 2.81. The van der Waals surface area contributed by atoms with E-state index in [0.717, 1.165) is 35.6 Å². The molecule has 0 atom stereocenters. The van der Waals surface area contributed by atoms with E-state index < -0.39 is 0 Å². The number of nitrogens with two attached hydrogens (primary N) is 1. The van der Waals surface area contributed by atoms with Gasteiger partial charge in [-0.15, -0.1) is 11.8 Å². The smallest absolute Gasteiger partial charge is 0.253 e. The summed E-state index contributed by atoms with van der Waals surface area (Å²) in [5, 5.41) is 2.90. The molecule has 0 aliphatic carbocycles. The van der Waals surface area contributed by atoms with Gasteiger partial charge in [-0.2, -0.15) is 0 Å². The van der Waals surface area contributed by atoms with E-state index in [4.69, 9.17) is 10.5 Å². The third-order valence-electron chi connectivity index (χ3n) is 4.52. The van der Waals surface area contributed by atoms with E-state index in [1.54, 1.807) is 17.8 Å². The van der Waals surface area contributed by atoms with E-state index >= 15 is 0 Å². The average molecular weight is 363 g/mol. The number of thioether (sulfide) groups is 1. The lowest BCUT2D eigenvalue weighted by atomic mass is 10.1. The highest BCUT2D eigenvalue weighted by molar-refractivity contribution is 7.99. The van der Waals surface area contributed by atoms with Gasteiger partial charge in [0.25, 0.3) is 5.91 Å². The number of nitrogens with one attached hydrogen (secondary N) is 1. The van der Waals surface area contributed by atoms with Crippen LogP contribution in [0.25, 0.3) is 0 Å². The topological polar surface area (TPSA) is 84.7 Å². The molecule has 1 aromatic rings. The van der Waals surface area contributed by atoms with Crippen LogP contribution >= 0.6 is 11.8 Å². The number of anilines is 1. The summed E-state index contributed by atoms with van der Waals surface area (Å²) in [7, 11) is 0. The molecule has 2 heterocycles. The van der Waals surface area contributed by atoms with E-state index in [-0.39, 0.29) is 17.9 Å². The molecule has 3 N–H and O–H groups in total. The van der Waals surface area contributed by atoms with Gasteiger partial charge in [0.05, 0.1) is 11.8 Å². The van der Waals surface area contributed by atoms with Gasteiger partial charge in [0.2, 0.25) is 5.91 Å². The Morgan fingerprint density at radius 3 is 2.92 bits per heavy atom. The fourth-order valence-corrected chi connectivity index (χ4v) is 4.03. The molecule has 0 aromatic heterocycles. The highest BCUT2D eigenvalue weighted by Gasteiger charge is 2.25. The monoisotopic (exact) mass is 363 g/mol. The second-order valence-corrected chi connectivity index (χ2v) is 7.50. The van der Waals surface area contributed by atoms with E-state index in [2.05, 4.69) is 5.32 Å². The van der Waals surface area contributed by atoms with Gasteiger partial charge in [0.15, 0.2) is 0 Å². The Balaban J connectivity index is 1.59. The minimum atomic E-state index is 0.00583.